The van der Waals surface area contributed by atoms with E-state index in [0.717, 1.165) is 0 Å². The molecule has 22 heavy (non-hydrogen) atoms. The van der Waals surface area contributed by atoms with Gasteiger partial charge in [-0.1, -0.05) is 29.3 Å². The Morgan fingerprint density at radius 1 is 1.14 bits per heavy atom. The Hall–Kier alpha value is -1.40. The van der Waals surface area contributed by atoms with E-state index in [4.69, 9.17) is 28.9 Å². The lowest BCUT2D eigenvalue weighted by molar-refractivity contribution is -0.117. The minimum atomic E-state index is -1.43. The molecule has 0 aliphatic rings. The Morgan fingerprint density at radius 3 is 2.45 bits per heavy atom. The van der Waals surface area contributed by atoms with E-state index in [9.17, 15) is 9.00 Å². The number of carbonyl (C=O) groups excluding carboxylic acids is 1. The lowest BCUT2D eigenvalue weighted by Gasteiger charge is -2.09. The zero-order valence-electron chi connectivity index (χ0n) is 11.7. The first-order valence-corrected chi connectivity index (χ1v) is 8.32. The van der Waals surface area contributed by atoms with Gasteiger partial charge in [0.25, 0.3) is 0 Å². The molecule has 116 valence electrons. The van der Waals surface area contributed by atoms with E-state index in [-0.39, 0.29) is 5.91 Å². The SMILES string of the molecule is CC(N)C(=O)Nc1cccc(S(=O)c2ccc(Cl)c(Cl)c2)c1. The molecule has 0 heterocycles. The van der Waals surface area contributed by atoms with Gasteiger partial charge in [-0.15, -0.1) is 0 Å². The number of halogens is 2. The minimum Gasteiger partial charge on any atom is -0.325 e. The van der Waals surface area contributed by atoms with Crippen molar-refractivity contribution in [3.8, 4) is 0 Å². The number of carbonyl (C=O) groups is 1. The second-order valence-electron chi connectivity index (χ2n) is 4.65. The van der Waals surface area contributed by atoms with E-state index in [0.29, 0.717) is 25.5 Å². The van der Waals surface area contributed by atoms with Crippen molar-refractivity contribution in [1.29, 1.82) is 0 Å². The first kappa shape index (κ1) is 17.0. The van der Waals surface area contributed by atoms with Crippen LogP contribution in [0.2, 0.25) is 10.0 Å². The molecule has 0 aliphatic heterocycles. The van der Waals surface area contributed by atoms with Gasteiger partial charge in [-0.05, 0) is 43.3 Å². The van der Waals surface area contributed by atoms with Crippen molar-refractivity contribution in [3.63, 3.8) is 0 Å². The predicted octanol–water partition coefficient (Wildman–Crippen LogP) is 3.45. The number of hydrogen-bond donors (Lipinski definition) is 2. The molecule has 0 fully saturated rings. The van der Waals surface area contributed by atoms with Crippen LogP contribution in [0, 0.1) is 0 Å². The Morgan fingerprint density at radius 2 is 1.82 bits per heavy atom. The van der Waals surface area contributed by atoms with Gasteiger partial charge in [0.1, 0.15) is 0 Å². The molecule has 1 amide bonds. The fourth-order valence-electron chi connectivity index (χ4n) is 1.67. The van der Waals surface area contributed by atoms with Crippen molar-refractivity contribution >= 4 is 45.6 Å². The molecule has 2 rings (SSSR count). The van der Waals surface area contributed by atoms with Crippen LogP contribution >= 0.6 is 23.2 Å². The lowest BCUT2D eigenvalue weighted by Crippen LogP contribution is -2.32. The van der Waals surface area contributed by atoms with Crippen molar-refractivity contribution in [2.75, 3.05) is 5.32 Å². The Bertz CT molecular complexity index is 735. The summed E-state index contributed by atoms with van der Waals surface area (Å²) in [5.41, 5.74) is 6.04. The van der Waals surface area contributed by atoms with Gasteiger partial charge >= 0.3 is 0 Å². The molecule has 0 spiro atoms. The van der Waals surface area contributed by atoms with Gasteiger partial charge in [-0.2, -0.15) is 0 Å². The number of anilines is 1. The van der Waals surface area contributed by atoms with Crippen molar-refractivity contribution in [3.05, 3.63) is 52.5 Å². The van der Waals surface area contributed by atoms with Gasteiger partial charge < -0.3 is 11.1 Å². The summed E-state index contributed by atoms with van der Waals surface area (Å²) in [6, 6.07) is 10.9. The summed E-state index contributed by atoms with van der Waals surface area (Å²) in [5.74, 6) is -0.308. The minimum absolute atomic E-state index is 0.308. The molecule has 0 saturated carbocycles. The topological polar surface area (TPSA) is 72.2 Å². The first-order valence-electron chi connectivity index (χ1n) is 6.42. The van der Waals surface area contributed by atoms with E-state index in [1.807, 2.05) is 0 Å². The van der Waals surface area contributed by atoms with Gasteiger partial charge in [0.15, 0.2) is 0 Å². The molecular weight excluding hydrogens is 343 g/mol. The van der Waals surface area contributed by atoms with Crippen LogP contribution in [0.1, 0.15) is 6.92 Å². The molecule has 2 unspecified atom stereocenters. The maximum absolute atomic E-state index is 12.6. The monoisotopic (exact) mass is 356 g/mol. The number of nitrogens with one attached hydrogen (secondary N) is 1. The summed E-state index contributed by atoms with van der Waals surface area (Å²) in [6.07, 6.45) is 0. The fourth-order valence-corrected chi connectivity index (χ4v) is 3.16. The Kier molecular flexibility index (Phi) is 5.58. The van der Waals surface area contributed by atoms with E-state index in [1.54, 1.807) is 49.4 Å². The summed E-state index contributed by atoms with van der Waals surface area (Å²) in [7, 11) is -1.43. The molecule has 2 aromatic carbocycles. The van der Waals surface area contributed by atoms with Crippen LogP contribution < -0.4 is 11.1 Å². The van der Waals surface area contributed by atoms with Crippen molar-refractivity contribution in [2.24, 2.45) is 5.73 Å². The molecule has 3 N–H and O–H groups in total. The Balaban J connectivity index is 2.26. The molecule has 4 nitrogen and oxygen atoms in total. The van der Waals surface area contributed by atoms with Crippen LogP contribution in [0.15, 0.2) is 52.3 Å². The number of amides is 1. The van der Waals surface area contributed by atoms with Gasteiger partial charge in [-0.3, -0.25) is 4.79 Å². The third-order valence-electron chi connectivity index (χ3n) is 2.83. The molecular formula is C15H14Cl2N2O2S. The number of rotatable bonds is 4. The quantitative estimate of drug-likeness (QED) is 0.880. The van der Waals surface area contributed by atoms with E-state index in [1.165, 1.54) is 0 Å². The smallest absolute Gasteiger partial charge is 0.240 e. The van der Waals surface area contributed by atoms with Crippen LogP contribution in [0.5, 0.6) is 0 Å². The normalized spacial score (nSPS) is 13.5. The molecule has 0 bridgehead atoms. The van der Waals surface area contributed by atoms with Crippen LogP contribution in [0.3, 0.4) is 0 Å². The zero-order valence-corrected chi connectivity index (χ0v) is 14.0. The number of nitrogens with two attached hydrogens (primary N) is 1. The first-order chi connectivity index (χ1) is 10.4. The van der Waals surface area contributed by atoms with Crippen molar-refractivity contribution < 1.29 is 9.00 Å². The molecule has 0 radical (unpaired) electrons. The summed E-state index contributed by atoms with van der Waals surface area (Å²) >= 11 is 11.8. The van der Waals surface area contributed by atoms with Crippen molar-refractivity contribution in [2.45, 2.75) is 22.8 Å². The largest absolute Gasteiger partial charge is 0.325 e. The molecule has 2 atom stereocenters. The maximum atomic E-state index is 12.6. The highest BCUT2D eigenvalue weighted by Crippen LogP contribution is 2.27. The highest BCUT2D eigenvalue weighted by atomic mass is 35.5. The Labute approximate surface area is 141 Å². The third-order valence-corrected chi connectivity index (χ3v) is 4.94. The van der Waals surface area contributed by atoms with Gasteiger partial charge in [0, 0.05) is 15.5 Å². The summed E-state index contributed by atoms with van der Waals surface area (Å²) < 4.78 is 12.6. The molecule has 0 aromatic heterocycles. The summed E-state index contributed by atoms with van der Waals surface area (Å²) in [6.45, 7) is 1.59. The molecule has 0 aliphatic carbocycles. The van der Waals surface area contributed by atoms with Crippen LogP contribution in [-0.2, 0) is 15.6 Å². The van der Waals surface area contributed by atoms with Gasteiger partial charge in [-0.25, -0.2) is 4.21 Å². The van der Waals surface area contributed by atoms with E-state index < -0.39 is 16.8 Å². The second kappa shape index (κ2) is 7.24. The average Bonchev–Trinajstić information content (AvgIpc) is 2.49. The number of benzene rings is 2. The van der Waals surface area contributed by atoms with E-state index in [2.05, 4.69) is 5.32 Å². The fraction of sp³-hybridized carbons (Fsp3) is 0.133. The predicted molar refractivity (Wildman–Crippen MR) is 89.9 cm³/mol. The molecule has 7 heteroatoms. The number of hydrogen-bond acceptors (Lipinski definition) is 3. The van der Waals surface area contributed by atoms with Crippen molar-refractivity contribution in [1.82, 2.24) is 0 Å². The van der Waals surface area contributed by atoms with Crippen LogP contribution in [-0.4, -0.2) is 16.2 Å². The molecule has 0 saturated heterocycles. The van der Waals surface area contributed by atoms with Gasteiger partial charge in [0.05, 0.1) is 26.9 Å². The van der Waals surface area contributed by atoms with Gasteiger partial charge in [0.2, 0.25) is 5.91 Å². The third kappa shape index (κ3) is 4.08. The summed E-state index contributed by atoms with van der Waals surface area (Å²) in [5, 5.41) is 3.41. The highest BCUT2D eigenvalue weighted by molar-refractivity contribution is 7.85. The zero-order chi connectivity index (χ0) is 16.3. The second-order valence-corrected chi connectivity index (χ2v) is 6.95. The van der Waals surface area contributed by atoms with Crippen LogP contribution in [0.4, 0.5) is 5.69 Å². The standard InChI is InChI=1S/C15H14Cl2N2O2S/c1-9(18)15(20)19-10-3-2-4-11(7-10)22(21)12-5-6-13(16)14(17)8-12/h2-9H,18H2,1H3,(H,19,20). The van der Waals surface area contributed by atoms with E-state index >= 15 is 0 Å². The maximum Gasteiger partial charge on any atom is 0.240 e. The summed E-state index contributed by atoms with van der Waals surface area (Å²) in [4.78, 5) is 12.7. The average molecular weight is 357 g/mol. The van der Waals surface area contributed by atoms with Crippen LogP contribution in [0.25, 0.3) is 0 Å². The lowest BCUT2D eigenvalue weighted by atomic mass is 10.3. The highest BCUT2D eigenvalue weighted by Gasteiger charge is 2.12. The molecule has 2 aromatic rings.